The van der Waals surface area contributed by atoms with Gasteiger partial charge in [0, 0.05) is 12.2 Å². The minimum atomic E-state index is -0.0487. The normalized spacial score (nSPS) is 12.2. The van der Waals surface area contributed by atoms with Crippen molar-refractivity contribution < 1.29 is 4.79 Å². The van der Waals surface area contributed by atoms with Gasteiger partial charge in [0.15, 0.2) is 0 Å². The van der Waals surface area contributed by atoms with Crippen LogP contribution in [-0.2, 0) is 4.79 Å². The molecule has 1 aromatic carbocycles. The summed E-state index contributed by atoms with van der Waals surface area (Å²) in [5, 5.41) is 0. The van der Waals surface area contributed by atoms with Crippen LogP contribution in [0.25, 0.3) is 0 Å². The third-order valence-corrected chi connectivity index (χ3v) is 2.12. The van der Waals surface area contributed by atoms with Crippen molar-refractivity contribution in [3.63, 3.8) is 0 Å². The molecule has 70 valence electrons. The Bertz CT molecular complexity index is 258. The summed E-state index contributed by atoms with van der Waals surface area (Å²) < 4.78 is 0. The Kier molecular flexibility index (Phi) is 3.50. The number of anilines is 1. The smallest absolute Gasteiger partial charge is 0.142 e. The zero-order valence-electron chi connectivity index (χ0n) is 8.10. The van der Waals surface area contributed by atoms with E-state index in [9.17, 15) is 4.79 Å². The molecule has 0 heterocycles. The predicted octanol–water partition coefficient (Wildman–Crippen LogP) is 2.10. The van der Waals surface area contributed by atoms with E-state index in [1.807, 2.05) is 44.2 Å². The van der Waals surface area contributed by atoms with Crippen LogP contribution in [0.2, 0.25) is 0 Å². The van der Waals surface area contributed by atoms with Gasteiger partial charge in [-0.1, -0.05) is 18.2 Å². The van der Waals surface area contributed by atoms with E-state index < -0.39 is 0 Å². The lowest BCUT2D eigenvalue weighted by molar-refractivity contribution is -0.108. The zero-order chi connectivity index (χ0) is 9.68. The highest BCUT2D eigenvalue weighted by Crippen LogP contribution is 2.14. The van der Waals surface area contributed by atoms with Crippen LogP contribution >= 0.6 is 0 Å². The van der Waals surface area contributed by atoms with Crippen molar-refractivity contribution >= 4 is 12.0 Å². The number of carbonyl (C=O) groups excluding carboxylic acids is 1. The fourth-order valence-corrected chi connectivity index (χ4v) is 1.40. The zero-order valence-corrected chi connectivity index (χ0v) is 8.10. The number of rotatable bonds is 4. The van der Waals surface area contributed by atoms with Gasteiger partial charge < -0.3 is 9.69 Å². The summed E-state index contributed by atoms with van der Waals surface area (Å²) in [6.07, 6.45) is 0.969. The maximum atomic E-state index is 10.6. The molecule has 1 rings (SSSR count). The van der Waals surface area contributed by atoms with Gasteiger partial charge in [0.05, 0.1) is 6.04 Å². The molecular weight excluding hydrogens is 162 g/mol. The van der Waals surface area contributed by atoms with Crippen molar-refractivity contribution in [2.24, 2.45) is 0 Å². The van der Waals surface area contributed by atoms with E-state index >= 15 is 0 Å². The third-order valence-electron chi connectivity index (χ3n) is 2.12. The summed E-state index contributed by atoms with van der Waals surface area (Å²) in [5.74, 6) is 0. The molecule has 0 aliphatic heterocycles. The maximum Gasteiger partial charge on any atom is 0.142 e. The van der Waals surface area contributed by atoms with E-state index in [0.29, 0.717) is 0 Å². The Morgan fingerprint density at radius 2 is 2.00 bits per heavy atom. The topological polar surface area (TPSA) is 20.3 Å². The number of aldehydes is 1. The first-order valence-corrected chi connectivity index (χ1v) is 4.56. The van der Waals surface area contributed by atoms with Crippen LogP contribution in [0.5, 0.6) is 0 Å². The maximum absolute atomic E-state index is 10.6. The fourth-order valence-electron chi connectivity index (χ4n) is 1.40. The van der Waals surface area contributed by atoms with Crippen LogP contribution in [0.15, 0.2) is 30.3 Å². The van der Waals surface area contributed by atoms with Gasteiger partial charge in [0.2, 0.25) is 0 Å². The molecule has 0 fully saturated rings. The van der Waals surface area contributed by atoms with Gasteiger partial charge in [-0.25, -0.2) is 0 Å². The molecule has 0 radical (unpaired) electrons. The summed E-state index contributed by atoms with van der Waals surface area (Å²) >= 11 is 0. The molecular formula is C11H15NO. The predicted molar refractivity (Wildman–Crippen MR) is 55.0 cm³/mol. The first-order valence-electron chi connectivity index (χ1n) is 4.56. The SMILES string of the molecule is CCN(c1ccccc1)C(C)C=O. The summed E-state index contributed by atoms with van der Waals surface area (Å²) in [6, 6.07) is 9.92. The molecule has 2 nitrogen and oxygen atoms in total. The van der Waals surface area contributed by atoms with Gasteiger partial charge in [-0.05, 0) is 26.0 Å². The molecule has 0 saturated heterocycles. The average Bonchev–Trinajstić information content (AvgIpc) is 2.20. The van der Waals surface area contributed by atoms with Gasteiger partial charge in [-0.15, -0.1) is 0 Å². The van der Waals surface area contributed by atoms with Crippen LogP contribution in [0.3, 0.4) is 0 Å². The van der Waals surface area contributed by atoms with Crippen molar-refractivity contribution in [1.29, 1.82) is 0 Å². The number of hydrogen-bond donors (Lipinski definition) is 0. The summed E-state index contributed by atoms with van der Waals surface area (Å²) in [7, 11) is 0. The summed E-state index contributed by atoms with van der Waals surface area (Å²) in [4.78, 5) is 12.7. The van der Waals surface area contributed by atoms with Gasteiger partial charge in [0.1, 0.15) is 6.29 Å². The van der Waals surface area contributed by atoms with Crippen LogP contribution in [0.4, 0.5) is 5.69 Å². The molecule has 0 bridgehead atoms. The number of hydrogen-bond acceptors (Lipinski definition) is 2. The highest BCUT2D eigenvalue weighted by molar-refractivity contribution is 5.65. The Balaban J connectivity index is 2.84. The Hall–Kier alpha value is -1.31. The molecule has 0 spiro atoms. The Morgan fingerprint density at radius 3 is 2.46 bits per heavy atom. The highest BCUT2D eigenvalue weighted by atomic mass is 16.1. The summed E-state index contributed by atoms with van der Waals surface area (Å²) in [5.41, 5.74) is 1.10. The van der Waals surface area contributed by atoms with Crippen LogP contribution in [0.1, 0.15) is 13.8 Å². The molecule has 0 aromatic heterocycles. The van der Waals surface area contributed by atoms with E-state index in [-0.39, 0.29) is 6.04 Å². The minimum Gasteiger partial charge on any atom is -0.362 e. The molecule has 0 saturated carbocycles. The average molecular weight is 177 g/mol. The number of para-hydroxylation sites is 1. The van der Waals surface area contributed by atoms with Crippen LogP contribution < -0.4 is 4.90 Å². The van der Waals surface area contributed by atoms with E-state index in [1.54, 1.807) is 0 Å². The van der Waals surface area contributed by atoms with E-state index in [2.05, 4.69) is 4.90 Å². The van der Waals surface area contributed by atoms with Gasteiger partial charge in [0.25, 0.3) is 0 Å². The molecule has 0 amide bonds. The van der Waals surface area contributed by atoms with Gasteiger partial charge in [-0.2, -0.15) is 0 Å². The van der Waals surface area contributed by atoms with E-state index in [1.165, 1.54) is 0 Å². The molecule has 0 aliphatic rings. The second-order valence-electron chi connectivity index (χ2n) is 3.00. The molecule has 13 heavy (non-hydrogen) atoms. The second-order valence-corrected chi connectivity index (χ2v) is 3.00. The number of nitrogens with zero attached hydrogens (tertiary/aromatic N) is 1. The molecule has 0 aliphatic carbocycles. The van der Waals surface area contributed by atoms with E-state index in [4.69, 9.17) is 0 Å². The fraction of sp³-hybridized carbons (Fsp3) is 0.364. The first-order chi connectivity index (χ1) is 6.29. The van der Waals surface area contributed by atoms with Crippen LogP contribution in [0, 0.1) is 0 Å². The van der Waals surface area contributed by atoms with Gasteiger partial charge in [-0.3, -0.25) is 0 Å². The molecule has 2 heteroatoms. The Labute approximate surface area is 79.2 Å². The van der Waals surface area contributed by atoms with Gasteiger partial charge >= 0.3 is 0 Å². The molecule has 1 unspecified atom stereocenters. The van der Waals surface area contributed by atoms with Crippen molar-refractivity contribution in [2.75, 3.05) is 11.4 Å². The molecule has 0 N–H and O–H groups in total. The van der Waals surface area contributed by atoms with Crippen molar-refractivity contribution in [3.05, 3.63) is 30.3 Å². The molecule has 1 aromatic rings. The largest absolute Gasteiger partial charge is 0.362 e. The van der Waals surface area contributed by atoms with Crippen molar-refractivity contribution in [2.45, 2.75) is 19.9 Å². The number of carbonyl (C=O) groups is 1. The third kappa shape index (κ3) is 2.31. The summed E-state index contributed by atoms with van der Waals surface area (Å²) in [6.45, 7) is 4.81. The number of benzene rings is 1. The minimum absolute atomic E-state index is 0.0487. The van der Waals surface area contributed by atoms with Crippen LogP contribution in [-0.4, -0.2) is 18.9 Å². The van der Waals surface area contributed by atoms with E-state index in [0.717, 1.165) is 18.5 Å². The first kappa shape index (κ1) is 9.78. The lowest BCUT2D eigenvalue weighted by atomic mass is 10.2. The number of likely N-dealkylation sites (N-methyl/N-ethyl adjacent to an activating group) is 1. The lowest BCUT2D eigenvalue weighted by Crippen LogP contribution is -2.33. The lowest BCUT2D eigenvalue weighted by Gasteiger charge is -2.26. The van der Waals surface area contributed by atoms with Crippen molar-refractivity contribution in [1.82, 2.24) is 0 Å². The monoisotopic (exact) mass is 177 g/mol. The van der Waals surface area contributed by atoms with Crippen molar-refractivity contribution in [3.8, 4) is 0 Å². The second kappa shape index (κ2) is 4.65. The molecule has 1 atom stereocenters. The quantitative estimate of drug-likeness (QED) is 0.656. The Morgan fingerprint density at radius 1 is 1.38 bits per heavy atom. The highest BCUT2D eigenvalue weighted by Gasteiger charge is 2.10. The standard InChI is InChI=1S/C11H15NO/c1-3-12(10(2)9-13)11-7-5-4-6-8-11/h4-10H,3H2,1-2H3.